The minimum absolute atomic E-state index is 0.0271. The van der Waals surface area contributed by atoms with Gasteiger partial charge in [0.1, 0.15) is 4.90 Å². The first-order valence-corrected chi connectivity index (χ1v) is 7.17. The molecular weight excluding hydrogens is 298 g/mol. The Hall–Kier alpha value is -2.95. The Kier molecular flexibility index (Phi) is 3.02. The molecular formula is C10H9N7O3S. The molecule has 0 aliphatic carbocycles. The molecule has 0 saturated carbocycles. The Morgan fingerprint density at radius 2 is 1.95 bits per heavy atom. The maximum Gasteiger partial charge on any atom is 0.365 e. The Balaban J connectivity index is 1.86. The molecule has 2 heterocycles. The van der Waals surface area contributed by atoms with Crippen molar-refractivity contribution in [3.8, 4) is 5.69 Å². The summed E-state index contributed by atoms with van der Waals surface area (Å²) in [5.41, 5.74) is 0.318. The van der Waals surface area contributed by atoms with Gasteiger partial charge in [0, 0.05) is 11.9 Å². The van der Waals surface area contributed by atoms with Crippen LogP contribution in [0, 0.1) is 0 Å². The van der Waals surface area contributed by atoms with Crippen molar-refractivity contribution in [1.29, 1.82) is 0 Å². The van der Waals surface area contributed by atoms with Gasteiger partial charge in [0.15, 0.2) is 0 Å². The second-order valence-electron chi connectivity index (χ2n) is 4.00. The van der Waals surface area contributed by atoms with Crippen LogP contribution in [0.3, 0.4) is 0 Å². The molecule has 3 aromatic rings. The highest BCUT2D eigenvalue weighted by molar-refractivity contribution is 7.92. The summed E-state index contributed by atoms with van der Waals surface area (Å²) < 4.78 is 27.4. The zero-order chi connectivity index (χ0) is 14.9. The highest BCUT2D eigenvalue weighted by Crippen LogP contribution is 2.16. The number of rotatable bonds is 4. The lowest BCUT2D eigenvalue weighted by Gasteiger charge is -2.06. The predicted molar refractivity (Wildman–Crippen MR) is 71.4 cm³/mol. The molecule has 0 saturated heterocycles. The van der Waals surface area contributed by atoms with Crippen LogP contribution in [0.25, 0.3) is 5.69 Å². The van der Waals surface area contributed by atoms with E-state index >= 15 is 0 Å². The van der Waals surface area contributed by atoms with Crippen LogP contribution in [-0.4, -0.2) is 38.8 Å². The van der Waals surface area contributed by atoms with Gasteiger partial charge in [0.25, 0.3) is 10.0 Å². The molecule has 0 atom stereocenters. The van der Waals surface area contributed by atoms with Crippen molar-refractivity contribution in [2.45, 2.75) is 4.90 Å². The molecule has 0 aliphatic heterocycles. The van der Waals surface area contributed by atoms with E-state index < -0.39 is 15.7 Å². The van der Waals surface area contributed by atoms with Gasteiger partial charge in [-0.15, -0.1) is 0 Å². The maximum absolute atomic E-state index is 12.0. The van der Waals surface area contributed by atoms with E-state index in [4.69, 9.17) is 0 Å². The summed E-state index contributed by atoms with van der Waals surface area (Å²) in [5.74, 6) is 0. The standard InChI is InChI=1S/C10H9N7O3S/c18-10-13-15-16-17(10)8-3-1-7(2-4-8)14-21(19,20)9-5-11-12-6-9/h1-6,14H,(H,11,12)(H,13,16,18). The van der Waals surface area contributed by atoms with E-state index in [9.17, 15) is 13.2 Å². The van der Waals surface area contributed by atoms with E-state index in [1.54, 1.807) is 0 Å². The third kappa shape index (κ3) is 2.53. The molecule has 3 rings (SSSR count). The van der Waals surface area contributed by atoms with E-state index in [0.29, 0.717) is 11.4 Å². The highest BCUT2D eigenvalue weighted by atomic mass is 32.2. The van der Waals surface area contributed by atoms with Crippen LogP contribution in [0.15, 0.2) is 46.3 Å². The zero-order valence-corrected chi connectivity index (χ0v) is 11.2. The minimum atomic E-state index is -3.69. The predicted octanol–water partition coefficient (Wildman–Crippen LogP) is -0.521. The maximum atomic E-state index is 12.0. The van der Waals surface area contributed by atoms with Crippen LogP contribution in [-0.2, 0) is 10.0 Å². The molecule has 2 aromatic heterocycles. The highest BCUT2D eigenvalue weighted by Gasteiger charge is 2.15. The number of aromatic amines is 2. The van der Waals surface area contributed by atoms with Gasteiger partial charge in [-0.05, 0) is 34.7 Å². The number of H-pyrrole nitrogens is 2. The molecule has 0 fully saturated rings. The number of tetrazole rings is 1. The normalized spacial score (nSPS) is 11.4. The van der Waals surface area contributed by atoms with Gasteiger partial charge in [-0.2, -0.15) is 9.78 Å². The summed E-state index contributed by atoms with van der Waals surface area (Å²) in [6, 6.07) is 6.09. The van der Waals surface area contributed by atoms with E-state index in [1.807, 2.05) is 0 Å². The fourth-order valence-electron chi connectivity index (χ4n) is 1.64. The molecule has 0 spiro atoms. The number of aromatic nitrogens is 6. The second-order valence-corrected chi connectivity index (χ2v) is 5.69. The molecule has 0 radical (unpaired) electrons. The third-order valence-corrected chi connectivity index (χ3v) is 3.97. The number of hydrogen-bond acceptors (Lipinski definition) is 6. The average Bonchev–Trinajstić information content (AvgIpc) is 3.10. The largest absolute Gasteiger partial charge is 0.365 e. The minimum Gasteiger partial charge on any atom is -0.284 e. The fourth-order valence-corrected chi connectivity index (χ4v) is 2.60. The Morgan fingerprint density at radius 3 is 2.52 bits per heavy atom. The Morgan fingerprint density at radius 1 is 1.19 bits per heavy atom. The molecule has 11 heteroatoms. The van der Waals surface area contributed by atoms with E-state index in [1.165, 1.54) is 36.7 Å². The molecule has 10 nitrogen and oxygen atoms in total. The van der Waals surface area contributed by atoms with Gasteiger partial charge in [0.2, 0.25) is 0 Å². The van der Waals surface area contributed by atoms with Gasteiger partial charge in [-0.25, -0.2) is 18.3 Å². The second kappa shape index (κ2) is 4.86. The average molecular weight is 307 g/mol. The molecule has 0 amide bonds. The van der Waals surface area contributed by atoms with E-state index in [0.717, 1.165) is 4.68 Å². The first-order valence-electron chi connectivity index (χ1n) is 5.69. The number of hydrogen-bond donors (Lipinski definition) is 3. The number of nitrogens with one attached hydrogen (secondary N) is 3. The van der Waals surface area contributed by atoms with Crippen LogP contribution in [0.4, 0.5) is 5.69 Å². The van der Waals surface area contributed by atoms with Crippen LogP contribution in [0.1, 0.15) is 0 Å². The van der Waals surface area contributed by atoms with Crippen molar-refractivity contribution < 1.29 is 8.42 Å². The lowest BCUT2D eigenvalue weighted by molar-refractivity contribution is 0.601. The summed E-state index contributed by atoms with van der Waals surface area (Å²) >= 11 is 0. The Labute approximate surface area is 117 Å². The molecule has 108 valence electrons. The summed E-state index contributed by atoms with van der Waals surface area (Å²) in [7, 11) is -3.69. The van der Waals surface area contributed by atoms with Gasteiger partial charge in [0.05, 0.1) is 11.9 Å². The van der Waals surface area contributed by atoms with Crippen LogP contribution >= 0.6 is 0 Å². The lowest BCUT2D eigenvalue weighted by atomic mass is 10.3. The van der Waals surface area contributed by atoms with Crippen LogP contribution in [0.2, 0.25) is 0 Å². The number of benzene rings is 1. The lowest BCUT2D eigenvalue weighted by Crippen LogP contribution is -2.16. The van der Waals surface area contributed by atoms with E-state index in [2.05, 4.69) is 30.4 Å². The van der Waals surface area contributed by atoms with Gasteiger partial charge in [-0.3, -0.25) is 9.82 Å². The molecule has 3 N–H and O–H groups in total. The van der Waals surface area contributed by atoms with Gasteiger partial charge < -0.3 is 0 Å². The van der Waals surface area contributed by atoms with Crippen molar-refractivity contribution in [1.82, 2.24) is 30.4 Å². The Bertz CT molecular complexity index is 893. The molecule has 1 aromatic carbocycles. The van der Waals surface area contributed by atoms with E-state index in [-0.39, 0.29) is 4.90 Å². The summed E-state index contributed by atoms with van der Waals surface area (Å²) in [6.07, 6.45) is 2.47. The monoisotopic (exact) mass is 307 g/mol. The zero-order valence-electron chi connectivity index (χ0n) is 10.4. The fraction of sp³-hybridized carbons (Fsp3) is 0. The molecule has 0 aliphatic rings. The number of nitrogens with zero attached hydrogens (tertiary/aromatic N) is 4. The number of anilines is 1. The SMILES string of the molecule is O=c1[nH]nnn1-c1ccc(NS(=O)(=O)c2cn[nH]c2)cc1. The topological polar surface area (TPSA) is 138 Å². The third-order valence-electron chi connectivity index (χ3n) is 2.62. The molecule has 0 unspecified atom stereocenters. The van der Waals surface area contributed by atoms with Crippen molar-refractivity contribution >= 4 is 15.7 Å². The van der Waals surface area contributed by atoms with Crippen LogP contribution in [0.5, 0.6) is 0 Å². The smallest absolute Gasteiger partial charge is 0.284 e. The molecule has 21 heavy (non-hydrogen) atoms. The van der Waals surface area contributed by atoms with Crippen molar-refractivity contribution in [3.63, 3.8) is 0 Å². The first-order chi connectivity index (χ1) is 10.1. The quantitative estimate of drug-likeness (QED) is 0.592. The molecule has 0 bridgehead atoms. The summed E-state index contributed by atoms with van der Waals surface area (Å²) in [6.45, 7) is 0. The first kappa shape index (κ1) is 13.1. The van der Waals surface area contributed by atoms with Crippen LogP contribution < -0.4 is 10.4 Å². The van der Waals surface area contributed by atoms with Crippen molar-refractivity contribution in [2.24, 2.45) is 0 Å². The summed E-state index contributed by atoms with van der Waals surface area (Å²) in [5, 5.41) is 15.1. The van der Waals surface area contributed by atoms with Crippen molar-refractivity contribution in [2.75, 3.05) is 4.72 Å². The summed E-state index contributed by atoms with van der Waals surface area (Å²) in [4.78, 5) is 11.4. The van der Waals surface area contributed by atoms with Crippen molar-refractivity contribution in [3.05, 3.63) is 47.1 Å². The van der Waals surface area contributed by atoms with Gasteiger partial charge in [-0.1, -0.05) is 0 Å². The number of sulfonamides is 1. The van der Waals surface area contributed by atoms with Gasteiger partial charge >= 0.3 is 5.69 Å².